The van der Waals surface area contributed by atoms with E-state index in [0.29, 0.717) is 5.92 Å². The zero-order valence-corrected chi connectivity index (χ0v) is 13.3. The molecule has 2 aromatic rings. The number of benzene rings is 2. The van der Waals surface area contributed by atoms with Crippen molar-refractivity contribution in [1.82, 2.24) is 0 Å². The maximum absolute atomic E-state index is 12.2. The van der Waals surface area contributed by atoms with Crippen LogP contribution in [0.4, 0.5) is 13.2 Å². The average molecular weight is 308 g/mol. The fourth-order valence-corrected chi connectivity index (χ4v) is 2.01. The molecule has 3 heteroatoms. The highest BCUT2D eigenvalue weighted by Gasteiger charge is 2.29. The molecule has 2 aromatic carbocycles. The van der Waals surface area contributed by atoms with Gasteiger partial charge in [-0.05, 0) is 42.0 Å². The molecular formula is C19H23F3. The summed E-state index contributed by atoms with van der Waals surface area (Å²) in [6.45, 7) is 6.24. The number of halogens is 3. The molecule has 2 rings (SSSR count). The van der Waals surface area contributed by atoms with E-state index in [1.807, 2.05) is 19.9 Å². The van der Waals surface area contributed by atoms with Gasteiger partial charge in [0.05, 0.1) is 5.56 Å². The maximum atomic E-state index is 12.2. The van der Waals surface area contributed by atoms with Crippen LogP contribution >= 0.6 is 0 Å². The van der Waals surface area contributed by atoms with E-state index in [1.165, 1.54) is 5.56 Å². The van der Waals surface area contributed by atoms with Crippen LogP contribution < -0.4 is 0 Å². The predicted molar refractivity (Wildman–Crippen MR) is 85.8 cm³/mol. The Morgan fingerprint density at radius 1 is 0.818 bits per heavy atom. The number of hydrogen-bond acceptors (Lipinski definition) is 0. The van der Waals surface area contributed by atoms with E-state index in [2.05, 4.69) is 31.2 Å². The minimum Gasteiger partial charge on any atom is -0.166 e. The molecular weight excluding hydrogens is 285 g/mol. The fourth-order valence-electron chi connectivity index (χ4n) is 2.01. The van der Waals surface area contributed by atoms with Crippen LogP contribution in [-0.4, -0.2) is 0 Å². The monoisotopic (exact) mass is 308 g/mol. The van der Waals surface area contributed by atoms with Crippen LogP contribution in [0.25, 0.3) is 0 Å². The molecule has 0 saturated heterocycles. The van der Waals surface area contributed by atoms with Gasteiger partial charge in [-0.3, -0.25) is 0 Å². The van der Waals surface area contributed by atoms with Gasteiger partial charge in [0.15, 0.2) is 0 Å². The largest absolute Gasteiger partial charge is 0.416 e. The zero-order chi connectivity index (χ0) is 16.6. The van der Waals surface area contributed by atoms with Crippen LogP contribution in [0, 0.1) is 5.92 Å². The Labute approximate surface area is 131 Å². The molecule has 0 saturated carbocycles. The van der Waals surface area contributed by atoms with Crippen LogP contribution in [0.3, 0.4) is 0 Å². The Morgan fingerprint density at radius 2 is 1.36 bits per heavy atom. The standard InChI is InChI=1S/C11H13F3.C8H10/c1-8(2)7-9-3-5-10(6-4-9)11(12,13)14;1-2-8-6-4-3-5-7-8/h3-6,8H,7H2,1-2H3;3-7H,2H2,1H3. The first kappa shape index (κ1) is 18.3. The second-order valence-electron chi connectivity index (χ2n) is 5.63. The summed E-state index contributed by atoms with van der Waals surface area (Å²) in [5.41, 5.74) is 1.78. The van der Waals surface area contributed by atoms with Crippen molar-refractivity contribution < 1.29 is 13.2 Å². The molecule has 0 aliphatic heterocycles. The predicted octanol–water partition coefficient (Wildman–Crippen LogP) is 6.15. The van der Waals surface area contributed by atoms with Crippen LogP contribution in [0.5, 0.6) is 0 Å². The summed E-state index contributed by atoms with van der Waals surface area (Å²) in [5.74, 6) is 0.465. The van der Waals surface area contributed by atoms with Gasteiger partial charge in [-0.2, -0.15) is 13.2 Å². The van der Waals surface area contributed by atoms with E-state index in [9.17, 15) is 13.2 Å². The molecule has 0 radical (unpaired) electrons. The van der Waals surface area contributed by atoms with Crippen LogP contribution in [0.2, 0.25) is 0 Å². The smallest absolute Gasteiger partial charge is 0.166 e. The minimum absolute atomic E-state index is 0.465. The van der Waals surface area contributed by atoms with E-state index in [0.717, 1.165) is 30.5 Å². The summed E-state index contributed by atoms with van der Waals surface area (Å²) in [7, 11) is 0. The molecule has 0 aromatic heterocycles. The second-order valence-corrected chi connectivity index (χ2v) is 5.63. The summed E-state index contributed by atoms with van der Waals surface area (Å²) in [4.78, 5) is 0. The summed E-state index contributed by atoms with van der Waals surface area (Å²) in [6.07, 6.45) is -2.27. The Bertz CT molecular complexity index is 525. The van der Waals surface area contributed by atoms with Crippen LogP contribution in [-0.2, 0) is 19.0 Å². The molecule has 0 N–H and O–H groups in total. The maximum Gasteiger partial charge on any atom is 0.416 e. The molecule has 120 valence electrons. The molecule has 0 fully saturated rings. The number of rotatable bonds is 3. The first-order chi connectivity index (χ1) is 10.3. The SMILES string of the molecule is CC(C)Cc1ccc(C(F)(F)F)cc1.CCc1ccccc1. The molecule has 0 amide bonds. The molecule has 0 bridgehead atoms. The first-order valence-corrected chi connectivity index (χ1v) is 7.53. The van der Waals surface area contributed by atoms with Gasteiger partial charge in [0.2, 0.25) is 0 Å². The van der Waals surface area contributed by atoms with Crippen molar-refractivity contribution in [2.75, 3.05) is 0 Å². The van der Waals surface area contributed by atoms with Gasteiger partial charge in [-0.1, -0.05) is 63.2 Å². The van der Waals surface area contributed by atoms with Gasteiger partial charge in [0.1, 0.15) is 0 Å². The minimum atomic E-state index is -4.23. The third-order valence-electron chi connectivity index (χ3n) is 3.18. The van der Waals surface area contributed by atoms with E-state index in [4.69, 9.17) is 0 Å². The lowest BCUT2D eigenvalue weighted by molar-refractivity contribution is -0.137. The number of alkyl halides is 3. The molecule has 0 atom stereocenters. The van der Waals surface area contributed by atoms with E-state index >= 15 is 0 Å². The molecule has 0 aliphatic carbocycles. The van der Waals surface area contributed by atoms with Crippen LogP contribution in [0.1, 0.15) is 37.5 Å². The van der Waals surface area contributed by atoms with Gasteiger partial charge >= 0.3 is 6.18 Å². The topological polar surface area (TPSA) is 0 Å². The highest BCUT2D eigenvalue weighted by molar-refractivity contribution is 5.24. The normalized spacial score (nSPS) is 11.0. The third kappa shape index (κ3) is 6.79. The summed E-state index contributed by atoms with van der Waals surface area (Å²) in [6, 6.07) is 15.8. The lowest BCUT2D eigenvalue weighted by Crippen LogP contribution is -2.04. The van der Waals surface area contributed by atoms with E-state index in [-0.39, 0.29) is 0 Å². The number of aryl methyl sites for hydroxylation is 1. The van der Waals surface area contributed by atoms with Gasteiger partial charge in [0.25, 0.3) is 0 Å². The molecule has 0 unspecified atom stereocenters. The lowest BCUT2D eigenvalue weighted by atomic mass is 10.0. The van der Waals surface area contributed by atoms with Crippen molar-refractivity contribution in [3.63, 3.8) is 0 Å². The Hall–Kier alpha value is -1.77. The lowest BCUT2D eigenvalue weighted by Gasteiger charge is -2.08. The van der Waals surface area contributed by atoms with Gasteiger partial charge in [0, 0.05) is 0 Å². The van der Waals surface area contributed by atoms with E-state index < -0.39 is 11.7 Å². The van der Waals surface area contributed by atoms with Crippen molar-refractivity contribution in [2.45, 2.75) is 39.8 Å². The van der Waals surface area contributed by atoms with Crippen LogP contribution in [0.15, 0.2) is 54.6 Å². The summed E-state index contributed by atoms with van der Waals surface area (Å²) in [5, 5.41) is 0. The molecule has 0 spiro atoms. The Balaban J connectivity index is 0.000000255. The number of hydrogen-bond donors (Lipinski definition) is 0. The van der Waals surface area contributed by atoms with Crippen molar-refractivity contribution in [2.24, 2.45) is 5.92 Å². The average Bonchev–Trinajstić information content (AvgIpc) is 2.48. The summed E-state index contributed by atoms with van der Waals surface area (Å²) >= 11 is 0. The Morgan fingerprint density at radius 3 is 1.73 bits per heavy atom. The summed E-state index contributed by atoms with van der Waals surface area (Å²) < 4.78 is 36.5. The van der Waals surface area contributed by atoms with E-state index in [1.54, 1.807) is 12.1 Å². The van der Waals surface area contributed by atoms with Gasteiger partial charge in [-0.25, -0.2) is 0 Å². The molecule has 0 aliphatic rings. The van der Waals surface area contributed by atoms with Crippen molar-refractivity contribution in [3.8, 4) is 0 Å². The first-order valence-electron chi connectivity index (χ1n) is 7.53. The van der Waals surface area contributed by atoms with Crippen molar-refractivity contribution >= 4 is 0 Å². The second kappa shape index (κ2) is 8.62. The van der Waals surface area contributed by atoms with Gasteiger partial charge in [-0.15, -0.1) is 0 Å². The molecule has 22 heavy (non-hydrogen) atoms. The molecule has 0 heterocycles. The highest BCUT2D eigenvalue weighted by atomic mass is 19.4. The highest BCUT2D eigenvalue weighted by Crippen LogP contribution is 2.29. The zero-order valence-electron chi connectivity index (χ0n) is 13.3. The van der Waals surface area contributed by atoms with Crippen molar-refractivity contribution in [3.05, 3.63) is 71.3 Å². The fraction of sp³-hybridized carbons (Fsp3) is 0.368. The quantitative estimate of drug-likeness (QED) is 0.637. The van der Waals surface area contributed by atoms with Gasteiger partial charge < -0.3 is 0 Å². The third-order valence-corrected chi connectivity index (χ3v) is 3.18. The molecule has 0 nitrogen and oxygen atoms in total. The Kier molecular flexibility index (Phi) is 7.16. The van der Waals surface area contributed by atoms with Crippen molar-refractivity contribution in [1.29, 1.82) is 0 Å².